The van der Waals surface area contributed by atoms with Crippen LogP contribution in [-0.4, -0.2) is 57.8 Å². The molecule has 2 aliphatic rings. The zero-order valence-electron chi connectivity index (χ0n) is 23.9. The van der Waals surface area contributed by atoms with Crippen molar-refractivity contribution in [3.05, 3.63) is 87.6 Å². The maximum absolute atomic E-state index is 13.0. The van der Waals surface area contributed by atoms with Gasteiger partial charge < -0.3 is 18.9 Å². The number of pyridine rings is 3. The predicted octanol–water partition coefficient (Wildman–Crippen LogP) is 4.36. The topological polar surface area (TPSA) is 96.5 Å². The minimum absolute atomic E-state index is 0.0430. The summed E-state index contributed by atoms with van der Waals surface area (Å²) in [5.74, 6) is 1.55. The highest BCUT2D eigenvalue weighted by Gasteiger charge is 2.38. The smallest absolute Gasteiger partial charge is 0.252 e. The van der Waals surface area contributed by atoms with E-state index in [9.17, 15) is 10.1 Å². The molecule has 0 aliphatic carbocycles. The van der Waals surface area contributed by atoms with E-state index in [0.717, 1.165) is 40.4 Å². The molecule has 5 heterocycles. The van der Waals surface area contributed by atoms with E-state index in [4.69, 9.17) is 14.5 Å². The molecule has 2 aliphatic heterocycles. The Morgan fingerprint density at radius 3 is 2.66 bits per heavy atom. The van der Waals surface area contributed by atoms with E-state index in [-0.39, 0.29) is 23.7 Å². The Morgan fingerprint density at radius 2 is 1.88 bits per heavy atom. The van der Waals surface area contributed by atoms with Crippen molar-refractivity contribution >= 4 is 16.7 Å². The van der Waals surface area contributed by atoms with Crippen molar-refractivity contribution in [1.29, 1.82) is 5.26 Å². The first kappa shape index (κ1) is 26.8. The highest BCUT2D eigenvalue weighted by molar-refractivity contribution is 5.89. The second-order valence-corrected chi connectivity index (χ2v) is 11.0. The Morgan fingerprint density at radius 1 is 1.05 bits per heavy atom. The van der Waals surface area contributed by atoms with Crippen molar-refractivity contribution in [2.75, 3.05) is 31.2 Å². The number of fused-ring (bicyclic) bond motifs is 2. The summed E-state index contributed by atoms with van der Waals surface area (Å²) in [7, 11) is 1.74. The number of nitriles is 1. The second-order valence-electron chi connectivity index (χ2n) is 11.0. The van der Waals surface area contributed by atoms with Crippen LogP contribution in [0.15, 0.2) is 59.5 Å². The lowest BCUT2D eigenvalue weighted by molar-refractivity contribution is 0.125. The number of hydrogen-bond acceptors (Lipinski definition) is 8. The first-order valence-corrected chi connectivity index (χ1v) is 14.1. The third-order valence-electron chi connectivity index (χ3n) is 8.17. The molecule has 3 aromatic heterocycles. The fraction of sp³-hybridized carbons (Fsp3) is 0.375. The van der Waals surface area contributed by atoms with Gasteiger partial charge in [-0.25, -0.2) is 4.98 Å². The van der Waals surface area contributed by atoms with Crippen LogP contribution in [0.3, 0.4) is 0 Å². The molecule has 9 nitrogen and oxygen atoms in total. The van der Waals surface area contributed by atoms with E-state index in [0.29, 0.717) is 43.0 Å². The van der Waals surface area contributed by atoms with Crippen LogP contribution in [0.5, 0.6) is 11.5 Å². The number of rotatable bonds is 4. The standard InChI is InChI=1S/C32H34N6O3/c1-20-9-11-25(34-17-20)31(24-7-5-8-28-32(24)41-14-6-13-40-28)38-19-21(2)37(18-22(38)3)27-15-29(39)36(4)26-12-10-23(16-33)35-30(26)27/h5,7-12,15,17,21-22,31H,6,13-14,18-19H2,1-4H3/t21-,22+,31?/m0/s1. The largest absolute Gasteiger partial charge is 0.490 e. The van der Waals surface area contributed by atoms with Gasteiger partial charge in [-0.2, -0.15) is 5.26 Å². The molecule has 0 spiro atoms. The van der Waals surface area contributed by atoms with Crippen molar-refractivity contribution in [3.8, 4) is 17.6 Å². The molecular weight excluding hydrogens is 516 g/mol. The maximum atomic E-state index is 13.0. The zero-order valence-corrected chi connectivity index (χ0v) is 23.9. The van der Waals surface area contributed by atoms with Gasteiger partial charge >= 0.3 is 0 Å². The Hall–Kier alpha value is -4.42. The average Bonchev–Trinajstić information content (AvgIpc) is 3.24. The van der Waals surface area contributed by atoms with Crippen LogP contribution in [0.1, 0.15) is 48.8 Å². The number of para-hydroxylation sites is 1. The van der Waals surface area contributed by atoms with Gasteiger partial charge in [-0.3, -0.25) is 14.7 Å². The lowest BCUT2D eigenvalue weighted by atomic mass is 9.95. The van der Waals surface area contributed by atoms with E-state index in [1.54, 1.807) is 29.8 Å². The van der Waals surface area contributed by atoms with E-state index in [1.165, 1.54) is 0 Å². The molecule has 6 rings (SSSR count). The zero-order chi connectivity index (χ0) is 28.7. The number of piperazine rings is 1. The summed E-state index contributed by atoms with van der Waals surface area (Å²) in [6.07, 6.45) is 2.75. The first-order chi connectivity index (χ1) is 19.9. The number of nitrogens with zero attached hydrogens (tertiary/aromatic N) is 6. The molecule has 0 bridgehead atoms. The lowest BCUT2D eigenvalue weighted by Crippen LogP contribution is -2.57. The Labute approximate surface area is 239 Å². The summed E-state index contributed by atoms with van der Waals surface area (Å²) >= 11 is 0. The van der Waals surface area contributed by atoms with Crippen LogP contribution in [0.25, 0.3) is 11.0 Å². The van der Waals surface area contributed by atoms with Crippen molar-refractivity contribution in [3.63, 3.8) is 0 Å². The maximum Gasteiger partial charge on any atom is 0.252 e. The number of aryl methyl sites for hydroxylation is 2. The Balaban J connectivity index is 1.42. The third-order valence-corrected chi connectivity index (χ3v) is 8.17. The molecule has 1 saturated heterocycles. The first-order valence-electron chi connectivity index (χ1n) is 14.1. The minimum Gasteiger partial charge on any atom is -0.490 e. The van der Waals surface area contributed by atoms with Crippen LogP contribution >= 0.6 is 0 Å². The minimum atomic E-state index is -0.157. The fourth-order valence-electron chi connectivity index (χ4n) is 6.02. The summed E-state index contributed by atoms with van der Waals surface area (Å²) in [5, 5.41) is 9.52. The molecule has 1 fully saturated rings. The molecule has 9 heteroatoms. The molecule has 0 N–H and O–H groups in total. The van der Waals surface area contributed by atoms with Crippen LogP contribution < -0.4 is 19.9 Å². The summed E-state index contributed by atoms with van der Waals surface area (Å²) in [6.45, 7) is 9.02. The number of benzene rings is 1. The van der Waals surface area contributed by atoms with Gasteiger partial charge in [-0.15, -0.1) is 0 Å². The van der Waals surface area contributed by atoms with Crippen LogP contribution in [0.4, 0.5) is 5.69 Å². The summed E-state index contributed by atoms with van der Waals surface area (Å²) in [6, 6.07) is 17.5. The van der Waals surface area contributed by atoms with Gasteiger partial charge in [0.2, 0.25) is 0 Å². The molecule has 4 aromatic rings. The van der Waals surface area contributed by atoms with E-state index in [2.05, 4.69) is 52.9 Å². The van der Waals surface area contributed by atoms with Gasteiger partial charge in [0.25, 0.3) is 5.56 Å². The molecule has 0 radical (unpaired) electrons. The Kier molecular flexibility index (Phi) is 7.10. The van der Waals surface area contributed by atoms with Gasteiger partial charge in [0.1, 0.15) is 17.3 Å². The van der Waals surface area contributed by atoms with Gasteiger partial charge in [-0.05, 0) is 50.6 Å². The molecule has 0 saturated carbocycles. The molecular formula is C32H34N6O3. The second kappa shape index (κ2) is 10.9. The molecule has 41 heavy (non-hydrogen) atoms. The van der Waals surface area contributed by atoms with Crippen LogP contribution in [-0.2, 0) is 7.05 Å². The quantitative estimate of drug-likeness (QED) is 0.370. The molecule has 1 unspecified atom stereocenters. The number of hydrogen-bond donors (Lipinski definition) is 0. The highest BCUT2D eigenvalue weighted by atomic mass is 16.5. The lowest BCUT2D eigenvalue weighted by Gasteiger charge is -2.48. The Bertz CT molecular complexity index is 1690. The SMILES string of the molecule is Cc1ccc(C(c2cccc3c2OCCCO3)N2C[C@H](C)N(c3cc(=O)n(C)c4ccc(C#N)nc34)C[C@H]2C)nc1. The normalized spacial score (nSPS) is 19.9. The number of aromatic nitrogens is 3. The van der Waals surface area contributed by atoms with Gasteiger partial charge in [0, 0.05) is 56.5 Å². The van der Waals surface area contributed by atoms with Crippen molar-refractivity contribution in [1.82, 2.24) is 19.4 Å². The van der Waals surface area contributed by atoms with Crippen molar-refractivity contribution < 1.29 is 9.47 Å². The van der Waals surface area contributed by atoms with Gasteiger partial charge in [-0.1, -0.05) is 18.2 Å². The van der Waals surface area contributed by atoms with Gasteiger partial charge in [0.05, 0.1) is 36.2 Å². The third kappa shape index (κ3) is 4.89. The monoisotopic (exact) mass is 550 g/mol. The number of anilines is 1. The summed E-state index contributed by atoms with van der Waals surface area (Å²) < 4.78 is 13.9. The predicted molar refractivity (Wildman–Crippen MR) is 158 cm³/mol. The van der Waals surface area contributed by atoms with E-state index < -0.39 is 0 Å². The van der Waals surface area contributed by atoms with E-state index >= 15 is 0 Å². The van der Waals surface area contributed by atoms with Gasteiger partial charge in [0.15, 0.2) is 11.5 Å². The molecule has 3 atom stereocenters. The van der Waals surface area contributed by atoms with Crippen LogP contribution in [0, 0.1) is 18.3 Å². The molecule has 1 aromatic carbocycles. The summed E-state index contributed by atoms with van der Waals surface area (Å²) in [5.41, 5.74) is 5.44. The van der Waals surface area contributed by atoms with Crippen molar-refractivity contribution in [2.24, 2.45) is 7.05 Å². The highest BCUT2D eigenvalue weighted by Crippen LogP contribution is 2.43. The van der Waals surface area contributed by atoms with Crippen molar-refractivity contribution in [2.45, 2.75) is 45.3 Å². The summed E-state index contributed by atoms with van der Waals surface area (Å²) in [4.78, 5) is 27.2. The fourth-order valence-corrected chi connectivity index (χ4v) is 6.02. The van der Waals surface area contributed by atoms with Crippen LogP contribution in [0.2, 0.25) is 0 Å². The molecule has 210 valence electrons. The average molecular weight is 551 g/mol. The van der Waals surface area contributed by atoms with E-state index in [1.807, 2.05) is 25.3 Å². The molecule has 0 amide bonds. The number of ether oxygens (including phenoxy) is 2.